The maximum atomic E-state index is 12.3. The fourth-order valence-corrected chi connectivity index (χ4v) is 2.49. The van der Waals surface area contributed by atoms with Crippen LogP contribution in [0.3, 0.4) is 0 Å². The second-order valence-electron chi connectivity index (χ2n) is 4.86. The summed E-state index contributed by atoms with van der Waals surface area (Å²) in [5.41, 5.74) is 1.18. The van der Waals surface area contributed by atoms with Gasteiger partial charge in [0.05, 0.1) is 11.6 Å². The fraction of sp³-hybridized carbons (Fsp3) is 0.467. The van der Waals surface area contributed by atoms with Crippen LogP contribution in [0.1, 0.15) is 42.1 Å². The summed E-state index contributed by atoms with van der Waals surface area (Å²) < 4.78 is 0. The Labute approximate surface area is 108 Å². The molecule has 1 amide bonds. The van der Waals surface area contributed by atoms with Crippen LogP contribution in [0.4, 0.5) is 0 Å². The SMILES string of the molecule is CCC1CCCN(C(=O)c2cccc(C#N)c2)C1. The Morgan fingerprint density at radius 3 is 3.11 bits per heavy atom. The average molecular weight is 242 g/mol. The molecule has 1 aliphatic rings. The molecule has 2 rings (SSSR count). The third-order valence-corrected chi connectivity index (χ3v) is 3.62. The Kier molecular flexibility index (Phi) is 3.99. The lowest BCUT2D eigenvalue weighted by atomic mass is 9.95. The van der Waals surface area contributed by atoms with Crippen molar-refractivity contribution >= 4 is 5.91 Å². The summed E-state index contributed by atoms with van der Waals surface area (Å²) in [6, 6.07) is 9.04. The van der Waals surface area contributed by atoms with Gasteiger partial charge >= 0.3 is 0 Å². The Bertz CT molecular complexity index is 476. The predicted molar refractivity (Wildman–Crippen MR) is 70.1 cm³/mol. The molecule has 1 aromatic carbocycles. The van der Waals surface area contributed by atoms with Crippen LogP contribution < -0.4 is 0 Å². The van der Waals surface area contributed by atoms with Gasteiger partial charge in [-0.05, 0) is 37.0 Å². The van der Waals surface area contributed by atoms with Crippen LogP contribution in [0, 0.1) is 17.2 Å². The molecule has 94 valence electrons. The van der Waals surface area contributed by atoms with E-state index in [9.17, 15) is 4.79 Å². The molecule has 1 aliphatic heterocycles. The molecule has 1 saturated heterocycles. The quantitative estimate of drug-likeness (QED) is 0.800. The highest BCUT2D eigenvalue weighted by Crippen LogP contribution is 2.21. The Balaban J connectivity index is 2.13. The van der Waals surface area contributed by atoms with Gasteiger partial charge in [-0.2, -0.15) is 5.26 Å². The topological polar surface area (TPSA) is 44.1 Å². The van der Waals surface area contributed by atoms with Gasteiger partial charge in [-0.1, -0.05) is 19.4 Å². The van der Waals surface area contributed by atoms with Crippen molar-refractivity contribution in [3.05, 3.63) is 35.4 Å². The normalized spacial score (nSPS) is 19.3. The standard InChI is InChI=1S/C15H18N2O/c1-2-12-6-4-8-17(11-12)15(18)14-7-3-5-13(9-14)10-16/h3,5,7,9,12H,2,4,6,8,11H2,1H3. The van der Waals surface area contributed by atoms with E-state index < -0.39 is 0 Å². The Morgan fingerprint density at radius 2 is 2.39 bits per heavy atom. The minimum atomic E-state index is 0.0604. The van der Waals surface area contributed by atoms with Crippen LogP contribution in [0.5, 0.6) is 0 Å². The van der Waals surface area contributed by atoms with Crippen molar-refractivity contribution in [2.24, 2.45) is 5.92 Å². The molecule has 0 N–H and O–H groups in total. The first-order valence-electron chi connectivity index (χ1n) is 6.54. The molecular formula is C15H18N2O. The van der Waals surface area contributed by atoms with Crippen LogP contribution in [-0.4, -0.2) is 23.9 Å². The third-order valence-electron chi connectivity index (χ3n) is 3.62. The summed E-state index contributed by atoms with van der Waals surface area (Å²) in [5, 5.41) is 8.86. The van der Waals surface area contributed by atoms with E-state index in [1.165, 1.54) is 6.42 Å². The fourth-order valence-electron chi connectivity index (χ4n) is 2.49. The number of piperidine rings is 1. The molecule has 1 unspecified atom stereocenters. The minimum Gasteiger partial charge on any atom is -0.338 e. The van der Waals surface area contributed by atoms with E-state index >= 15 is 0 Å². The lowest BCUT2D eigenvalue weighted by Gasteiger charge is -2.32. The van der Waals surface area contributed by atoms with E-state index in [1.54, 1.807) is 24.3 Å². The summed E-state index contributed by atoms with van der Waals surface area (Å²) >= 11 is 0. The number of likely N-dealkylation sites (tertiary alicyclic amines) is 1. The van der Waals surface area contributed by atoms with Crippen molar-refractivity contribution in [3.8, 4) is 6.07 Å². The van der Waals surface area contributed by atoms with Gasteiger partial charge in [0.2, 0.25) is 0 Å². The number of nitrogens with zero attached hydrogens (tertiary/aromatic N) is 2. The number of carbonyl (C=O) groups is 1. The number of hydrogen-bond acceptors (Lipinski definition) is 2. The van der Waals surface area contributed by atoms with Gasteiger partial charge in [-0.3, -0.25) is 4.79 Å². The van der Waals surface area contributed by atoms with Crippen molar-refractivity contribution in [2.45, 2.75) is 26.2 Å². The predicted octanol–water partition coefficient (Wildman–Crippen LogP) is 2.82. The summed E-state index contributed by atoms with van der Waals surface area (Å²) in [6.07, 6.45) is 3.43. The van der Waals surface area contributed by atoms with Gasteiger partial charge in [0.15, 0.2) is 0 Å². The van der Waals surface area contributed by atoms with Gasteiger partial charge in [-0.25, -0.2) is 0 Å². The molecule has 3 heteroatoms. The zero-order valence-corrected chi connectivity index (χ0v) is 10.7. The van der Waals surface area contributed by atoms with Gasteiger partial charge in [0, 0.05) is 18.7 Å². The van der Waals surface area contributed by atoms with Gasteiger partial charge < -0.3 is 4.90 Å². The highest BCUT2D eigenvalue weighted by atomic mass is 16.2. The monoisotopic (exact) mass is 242 g/mol. The zero-order chi connectivity index (χ0) is 13.0. The van der Waals surface area contributed by atoms with Gasteiger partial charge in [0.1, 0.15) is 0 Å². The molecule has 0 aromatic heterocycles. The number of benzene rings is 1. The maximum absolute atomic E-state index is 12.3. The van der Waals surface area contributed by atoms with Gasteiger partial charge in [-0.15, -0.1) is 0 Å². The largest absolute Gasteiger partial charge is 0.338 e. The van der Waals surface area contributed by atoms with Crippen LogP contribution in [0.15, 0.2) is 24.3 Å². The van der Waals surface area contributed by atoms with E-state index in [4.69, 9.17) is 5.26 Å². The molecule has 0 aliphatic carbocycles. The lowest BCUT2D eigenvalue weighted by Crippen LogP contribution is -2.39. The first-order chi connectivity index (χ1) is 8.74. The van der Waals surface area contributed by atoms with Crippen LogP contribution in [0.2, 0.25) is 0 Å². The molecule has 3 nitrogen and oxygen atoms in total. The molecule has 0 radical (unpaired) electrons. The molecule has 18 heavy (non-hydrogen) atoms. The van der Waals surface area contributed by atoms with Crippen LogP contribution in [-0.2, 0) is 0 Å². The van der Waals surface area contributed by atoms with E-state index in [0.29, 0.717) is 17.0 Å². The van der Waals surface area contributed by atoms with E-state index in [2.05, 4.69) is 13.0 Å². The smallest absolute Gasteiger partial charge is 0.253 e. The number of nitriles is 1. The molecule has 0 saturated carbocycles. The second-order valence-corrected chi connectivity index (χ2v) is 4.86. The van der Waals surface area contributed by atoms with E-state index in [0.717, 1.165) is 25.9 Å². The molecule has 0 spiro atoms. The minimum absolute atomic E-state index is 0.0604. The number of amides is 1. The Hall–Kier alpha value is -1.82. The zero-order valence-electron chi connectivity index (χ0n) is 10.7. The summed E-state index contributed by atoms with van der Waals surface area (Å²) in [7, 11) is 0. The van der Waals surface area contributed by atoms with Crippen molar-refractivity contribution in [1.82, 2.24) is 4.90 Å². The summed E-state index contributed by atoms with van der Waals surface area (Å²) in [6.45, 7) is 3.87. The van der Waals surface area contributed by atoms with Crippen molar-refractivity contribution in [3.63, 3.8) is 0 Å². The lowest BCUT2D eigenvalue weighted by molar-refractivity contribution is 0.0671. The van der Waals surface area contributed by atoms with Crippen LogP contribution in [0.25, 0.3) is 0 Å². The average Bonchev–Trinajstić information content (AvgIpc) is 2.46. The number of carbonyl (C=O) groups excluding carboxylic acids is 1. The van der Waals surface area contributed by atoms with Crippen molar-refractivity contribution in [1.29, 1.82) is 5.26 Å². The van der Waals surface area contributed by atoms with Gasteiger partial charge in [0.25, 0.3) is 5.91 Å². The number of hydrogen-bond donors (Lipinski definition) is 0. The highest BCUT2D eigenvalue weighted by Gasteiger charge is 2.23. The third kappa shape index (κ3) is 2.70. The highest BCUT2D eigenvalue weighted by molar-refractivity contribution is 5.94. The molecule has 1 atom stereocenters. The van der Waals surface area contributed by atoms with E-state index in [1.807, 2.05) is 4.90 Å². The van der Waals surface area contributed by atoms with Crippen molar-refractivity contribution < 1.29 is 4.79 Å². The van der Waals surface area contributed by atoms with Crippen molar-refractivity contribution in [2.75, 3.05) is 13.1 Å². The molecule has 1 aromatic rings. The molecule has 1 fully saturated rings. The first-order valence-corrected chi connectivity index (χ1v) is 6.54. The Morgan fingerprint density at radius 1 is 1.56 bits per heavy atom. The van der Waals surface area contributed by atoms with Crippen LogP contribution >= 0.6 is 0 Å². The number of rotatable bonds is 2. The summed E-state index contributed by atoms with van der Waals surface area (Å²) in [5.74, 6) is 0.687. The maximum Gasteiger partial charge on any atom is 0.253 e. The second kappa shape index (κ2) is 5.68. The molecule has 1 heterocycles. The summed E-state index contributed by atoms with van der Waals surface area (Å²) in [4.78, 5) is 14.3. The van der Waals surface area contributed by atoms with E-state index in [-0.39, 0.29) is 5.91 Å². The molecular weight excluding hydrogens is 224 g/mol. The first kappa shape index (κ1) is 12.6. The molecule has 0 bridgehead atoms.